The number of likely N-dealkylation sites (tertiary alicyclic amines) is 1. The van der Waals surface area contributed by atoms with E-state index in [-0.39, 0.29) is 23.7 Å². The van der Waals surface area contributed by atoms with Gasteiger partial charge in [-0.1, -0.05) is 11.6 Å². The molecule has 2 aliphatic rings. The van der Waals surface area contributed by atoms with Crippen LogP contribution in [0.3, 0.4) is 0 Å². The van der Waals surface area contributed by atoms with E-state index >= 15 is 0 Å². The summed E-state index contributed by atoms with van der Waals surface area (Å²) in [6.07, 6.45) is 2.23. The Labute approximate surface area is 136 Å². The van der Waals surface area contributed by atoms with E-state index in [0.29, 0.717) is 16.3 Å². The molecule has 0 saturated carbocycles. The average molecular weight is 331 g/mol. The highest BCUT2D eigenvalue weighted by Gasteiger charge is 2.42. The molecule has 2 saturated heterocycles. The lowest BCUT2D eigenvalue weighted by Crippen LogP contribution is -2.33. The summed E-state index contributed by atoms with van der Waals surface area (Å²) in [6, 6.07) is 5.18. The Morgan fingerprint density at radius 1 is 1.43 bits per heavy atom. The molecule has 1 unspecified atom stereocenters. The number of hydrogen-bond donors (Lipinski definition) is 1. The van der Waals surface area contributed by atoms with E-state index in [2.05, 4.69) is 5.32 Å². The van der Waals surface area contributed by atoms with E-state index in [9.17, 15) is 4.79 Å². The second-order valence-corrected chi connectivity index (χ2v) is 6.18. The Kier molecular flexibility index (Phi) is 5.02. The summed E-state index contributed by atoms with van der Waals surface area (Å²) in [4.78, 5) is 14.6. The van der Waals surface area contributed by atoms with Gasteiger partial charge in [-0.25, -0.2) is 0 Å². The first-order valence-electron chi connectivity index (χ1n) is 6.97. The predicted molar refractivity (Wildman–Crippen MR) is 85.7 cm³/mol. The molecule has 1 N–H and O–H groups in total. The van der Waals surface area contributed by atoms with Gasteiger partial charge in [-0.05, 0) is 37.6 Å². The van der Waals surface area contributed by atoms with Gasteiger partial charge in [0.1, 0.15) is 5.75 Å². The van der Waals surface area contributed by atoms with Crippen molar-refractivity contribution in [3.8, 4) is 5.75 Å². The Balaban J connectivity index is 0.00000161. The predicted octanol–water partition coefficient (Wildman–Crippen LogP) is 2.60. The smallest absolute Gasteiger partial charge is 0.257 e. The summed E-state index contributed by atoms with van der Waals surface area (Å²) >= 11 is 6.01. The van der Waals surface area contributed by atoms with Crippen LogP contribution < -0.4 is 10.1 Å². The van der Waals surface area contributed by atoms with Crippen LogP contribution in [-0.4, -0.2) is 44.1 Å². The largest absolute Gasteiger partial charge is 0.496 e. The van der Waals surface area contributed by atoms with Crippen LogP contribution in [0.1, 0.15) is 23.2 Å². The van der Waals surface area contributed by atoms with Crippen molar-refractivity contribution in [3.63, 3.8) is 0 Å². The van der Waals surface area contributed by atoms with E-state index in [1.54, 1.807) is 25.3 Å². The van der Waals surface area contributed by atoms with Gasteiger partial charge in [-0.15, -0.1) is 12.4 Å². The van der Waals surface area contributed by atoms with Gasteiger partial charge < -0.3 is 15.0 Å². The maximum atomic E-state index is 12.7. The molecule has 0 bridgehead atoms. The molecule has 2 heterocycles. The number of ether oxygens (including phenoxy) is 1. The summed E-state index contributed by atoms with van der Waals surface area (Å²) in [5, 5.41) is 3.96. The second kappa shape index (κ2) is 6.42. The molecule has 0 aliphatic carbocycles. The van der Waals surface area contributed by atoms with E-state index in [4.69, 9.17) is 16.3 Å². The lowest BCUT2D eigenvalue weighted by atomic mass is 9.86. The Hall–Kier alpha value is -0.970. The van der Waals surface area contributed by atoms with Crippen LogP contribution in [0.2, 0.25) is 5.02 Å². The average Bonchev–Trinajstić information content (AvgIpc) is 3.09. The maximum absolute atomic E-state index is 12.7. The molecule has 1 atom stereocenters. The first kappa shape index (κ1) is 16.4. The zero-order valence-electron chi connectivity index (χ0n) is 12.0. The fourth-order valence-electron chi connectivity index (χ4n) is 3.27. The molecule has 3 rings (SSSR count). The highest BCUT2D eigenvalue weighted by Crippen LogP contribution is 2.37. The third-order valence-electron chi connectivity index (χ3n) is 4.45. The number of nitrogens with one attached hydrogen (secondary N) is 1. The molecule has 2 fully saturated rings. The van der Waals surface area contributed by atoms with Crippen LogP contribution in [0.15, 0.2) is 18.2 Å². The summed E-state index contributed by atoms with van der Waals surface area (Å²) < 4.78 is 5.28. The molecule has 4 nitrogen and oxygen atoms in total. The fourth-order valence-corrected chi connectivity index (χ4v) is 3.44. The molecule has 0 aromatic heterocycles. The highest BCUT2D eigenvalue weighted by molar-refractivity contribution is 6.31. The quantitative estimate of drug-likeness (QED) is 0.906. The molecule has 0 radical (unpaired) electrons. The Morgan fingerprint density at radius 2 is 2.24 bits per heavy atom. The lowest BCUT2D eigenvalue weighted by Gasteiger charge is -2.23. The third kappa shape index (κ3) is 3.12. The van der Waals surface area contributed by atoms with Crippen molar-refractivity contribution >= 4 is 29.9 Å². The van der Waals surface area contributed by atoms with E-state index < -0.39 is 0 Å². The number of halogens is 2. The second-order valence-electron chi connectivity index (χ2n) is 5.75. The molecule has 6 heteroatoms. The molecular formula is C15H20Cl2N2O2. The SMILES string of the molecule is COc1ccc(Cl)cc1C(=O)N1CCC2(CCNC2)C1.Cl. The van der Waals surface area contributed by atoms with Crippen LogP contribution in [0, 0.1) is 5.41 Å². The topological polar surface area (TPSA) is 41.6 Å². The number of benzene rings is 1. The normalized spacial score (nSPS) is 24.2. The number of hydrogen-bond acceptors (Lipinski definition) is 3. The van der Waals surface area contributed by atoms with Gasteiger partial charge in [0, 0.05) is 30.1 Å². The molecule has 1 spiro atoms. The zero-order valence-corrected chi connectivity index (χ0v) is 13.6. The van der Waals surface area contributed by atoms with Gasteiger partial charge in [-0.2, -0.15) is 0 Å². The Morgan fingerprint density at radius 3 is 2.90 bits per heavy atom. The van der Waals surface area contributed by atoms with Gasteiger partial charge in [0.2, 0.25) is 0 Å². The minimum absolute atomic E-state index is 0. The molecule has 21 heavy (non-hydrogen) atoms. The van der Waals surface area contributed by atoms with Crippen LogP contribution in [0.4, 0.5) is 0 Å². The summed E-state index contributed by atoms with van der Waals surface area (Å²) in [5.74, 6) is 0.609. The van der Waals surface area contributed by atoms with Gasteiger partial charge in [0.25, 0.3) is 5.91 Å². The van der Waals surface area contributed by atoms with Crippen molar-refractivity contribution in [2.24, 2.45) is 5.41 Å². The number of carbonyl (C=O) groups excluding carboxylic acids is 1. The fraction of sp³-hybridized carbons (Fsp3) is 0.533. The van der Waals surface area contributed by atoms with Gasteiger partial charge in [0.05, 0.1) is 12.7 Å². The highest BCUT2D eigenvalue weighted by atomic mass is 35.5. The molecule has 1 aromatic carbocycles. The molecule has 1 amide bonds. The van der Waals surface area contributed by atoms with Crippen molar-refractivity contribution in [3.05, 3.63) is 28.8 Å². The number of carbonyl (C=O) groups is 1. The van der Waals surface area contributed by atoms with Crippen LogP contribution in [-0.2, 0) is 0 Å². The molecular weight excluding hydrogens is 311 g/mol. The minimum atomic E-state index is 0. The van der Waals surface area contributed by atoms with Crippen LogP contribution in [0.25, 0.3) is 0 Å². The summed E-state index contributed by atoms with van der Waals surface area (Å²) in [6.45, 7) is 3.72. The first-order valence-corrected chi connectivity index (χ1v) is 7.35. The van der Waals surface area contributed by atoms with Gasteiger partial charge >= 0.3 is 0 Å². The minimum Gasteiger partial charge on any atom is -0.496 e. The number of nitrogens with zero attached hydrogens (tertiary/aromatic N) is 1. The van der Waals surface area contributed by atoms with Crippen LogP contribution in [0.5, 0.6) is 5.75 Å². The number of methoxy groups -OCH3 is 1. The van der Waals surface area contributed by atoms with Crippen molar-refractivity contribution in [2.45, 2.75) is 12.8 Å². The van der Waals surface area contributed by atoms with E-state index in [1.165, 1.54) is 0 Å². The van der Waals surface area contributed by atoms with Gasteiger partial charge in [-0.3, -0.25) is 4.79 Å². The number of amides is 1. The van der Waals surface area contributed by atoms with Crippen molar-refractivity contribution < 1.29 is 9.53 Å². The molecule has 116 valence electrons. The monoisotopic (exact) mass is 330 g/mol. The maximum Gasteiger partial charge on any atom is 0.257 e. The van der Waals surface area contributed by atoms with E-state index in [0.717, 1.165) is 39.0 Å². The Bertz CT molecular complexity index is 530. The molecule has 1 aromatic rings. The first-order chi connectivity index (χ1) is 9.63. The lowest BCUT2D eigenvalue weighted by molar-refractivity contribution is 0.0772. The standard InChI is InChI=1S/C15H19ClN2O2.ClH/c1-20-13-3-2-11(16)8-12(13)14(19)18-7-5-15(10-18)4-6-17-9-15;/h2-3,8,17H,4-7,9-10H2,1H3;1H. The number of rotatable bonds is 2. The van der Waals surface area contributed by atoms with Crippen molar-refractivity contribution in [1.29, 1.82) is 0 Å². The summed E-state index contributed by atoms with van der Waals surface area (Å²) in [5.41, 5.74) is 0.838. The van der Waals surface area contributed by atoms with Gasteiger partial charge in [0.15, 0.2) is 0 Å². The van der Waals surface area contributed by atoms with Crippen LogP contribution >= 0.6 is 24.0 Å². The molecule has 2 aliphatic heterocycles. The zero-order chi connectivity index (χ0) is 14.2. The van der Waals surface area contributed by atoms with Crippen molar-refractivity contribution in [1.82, 2.24) is 10.2 Å². The third-order valence-corrected chi connectivity index (χ3v) is 4.68. The van der Waals surface area contributed by atoms with E-state index in [1.807, 2.05) is 4.90 Å². The summed E-state index contributed by atoms with van der Waals surface area (Å²) in [7, 11) is 1.58. The van der Waals surface area contributed by atoms with Crippen molar-refractivity contribution in [2.75, 3.05) is 33.3 Å².